The SMILES string of the molecule is CO[C@H]1CNC[C@@H]1NC(=O)Cc1coc2cc(C)cc(C)c12. The molecule has 0 spiro atoms. The topological polar surface area (TPSA) is 63.5 Å². The lowest BCUT2D eigenvalue weighted by Gasteiger charge is -2.18. The lowest BCUT2D eigenvalue weighted by Crippen LogP contribution is -2.44. The number of carbonyl (C=O) groups excluding carboxylic acids is 1. The van der Waals surface area contributed by atoms with Crippen molar-refractivity contribution in [3.8, 4) is 0 Å². The molecule has 2 aromatic rings. The fourth-order valence-electron chi connectivity index (χ4n) is 3.23. The molecule has 5 heteroatoms. The number of aryl methyl sites for hydroxylation is 2. The largest absolute Gasteiger partial charge is 0.464 e. The summed E-state index contributed by atoms with van der Waals surface area (Å²) in [5.41, 5.74) is 4.08. The van der Waals surface area contributed by atoms with Gasteiger partial charge >= 0.3 is 0 Å². The van der Waals surface area contributed by atoms with Crippen LogP contribution in [-0.4, -0.2) is 38.3 Å². The molecule has 1 saturated heterocycles. The lowest BCUT2D eigenvalue weighted by atomic mass is 10.0. The Morgan fingerprint density at radius 1 is 1.41 bits per heavy atom. The van der Waals surface area contributed by atoms with Gasteiger partial charge in [-0.2, -0.15) is 0 Å². The van der Waals surface area contributed by atoms with Gasteiger partial charge in [-0.3, -0.25) is 4.79 Å². The molecular formula is C17H22N2O3. The molecule has 1 fully saturated rings. The lowest BCUT2D eigenvalue weighted by molar-refractivity contribution is -0.121. The molecule has 0 bridgehead atoms. The highest BCUT2D eigenvalue weighted by molar-refractivity contribution is 5.90. The quantitative estimate of drug-likeness (QED) is 0.902. The highest BCUT2D eigenvalue weighted by Crippen LogP contribution is 2.26. The van der Waals surface area contributed by atoms with E-state index in [4.69, 9.17) is 9.15 Å². The maximum atomic E-state index is 12.3. The summed E-state index contributed by atoms with van der Waals surface area (Å²) in [5, 5.41) is 7.32. The van der Waals surface area contributed by atoms with E-state index in [1.54, 1.807) is 13.4 Å². The van der Waals surface area contributed by atoms with E-state index in [-0.39, 0.29) is 18.1 Å². The fourth-order valence-corrected chi connectivity index (χ4v) is 3.23. The first-order valence-electron chi connectivity index (χ1n) is 7.58. The highest BCUT2D eigenvalue weighted by atomic mass is 16.5. The molecule has 118 valence electrons. The molecule has 22 heavy (non-hydrogen) atoms. The molecule has 1 amide bonds. The zero-order valence-electron chi connectivity index (χ0n) is 13.2. The minimum Gasteiger partial charge on any atom is -0.464 e. The number of amides is 1. The molecule has 0 unspecified atom stereocenters. The second-order valence-electron chi connectivity index (χ2n) is 6.00. The van der Waals surface area contributed by atoms with Crippen LogP contribution in [0.1, 0.15) is 16.7 Å². The molecule has 0 aliphatic carbocycles. The predicted molar refractivity (Wildman–Crippen MR) is 85.0 cm³/mol. The Balaban J connectivity index is 1.74. The van der Waals surface area contributed by atoms with Crippen LogP contribution in [0.25, 0.3) is 11.0 Å². The fraction of sp³-hybridized carbons (Fsp3) is 0.471. The number of carbonyl (C=O) groups is 1. The van der Waals surface area contributed by atoms with Gasteiger partial charge in [0.1, 0.15) is 5.58 Å². The van der Waals surface area contributed by atoms with Gasteiger partial charge in [0, 0.05) is 31.1 Å². The van der Waals surface area contributed by atoms with Gasteiger partial charge < -0.3 is 19.8 Å². The summed E-state index contributed by atoms with van der Waals surface area (Å²) in [6.45, 7) is 5.61. The number of benzene rings is 1. The van der Waals surface area contributed by atoms with Crippen LogP contribution >= 0.6 is 0 Å². The van der Waals surface area contributed by atoms with E-state index >= 15 is 0 Å². The normalized spacial score (nSPS) is 21.4. The number of ether oxygens (including phenoxy) is 1. The van der Waals surface area contributed by atoms with Crippen LogP contribution in [0.3, 0.4) is 0 Å². The van der Waals surface area contributed by atoms with Gasteiger partial charge in [-0.1, -0.05) is 6.07 Å². The average Bonchev–Trinajstić information content (AvgIpc) is 3.05. The van der Waals surface area contributed by atoms with Gasteiger partial charge in [-0.05, 0) is 31.0 Å². The first-order chi connectivity index (χ1) is 10.6. The summed E-state index contributed by atoms with van der Waals surface area (Å²) < 4.78 is 11.0. The second kappa shape index (κ2) is 6.10. The first kappa shape index (κ1) is 15.1. The summed E-state index contributed by atoms with van der Waals surface area (Å²) in [6, 6.07) is 4.14. The first-order valence-corrected chi connectivity index (χ1v) is 7.58. The van der Waals surface area contributed by atoms with Crippen LogP contribution in [0.2, 0.25) is 0 Å². The third-order valence-electron chi connectivity index (χ3n) is 4.25. The van der Waals surface area contributed by atoms with Crippen molar-refractivity contribution in [2.45, 2.75) is 32.4 Å². The third-order valence-corrected chi connectivity index (χ3v) is 4.25. The van der Waals surface area contributed by atoms with E-state index in [9.17, 15) is 4.79 Å². The van der Waals surface area contributed by atoms with E-state index < -0.39 is 0 Å². The molecule has 1 aromatic heterocycles. The predicted octanol–water partition coefficient (Wildman–Crippen LogP) is 1.70. The number of hydrogen-bond acceptors (Lipinski definition) is 4. The third kappa shape index (κ3) is 2.87. The average molecular weight is 302 g/mol. The summed E-state index contributed by atoms with van der Waals surface area (Å²) in [7, 11) is 1.67. The number of rotatable bonds is 4. The Labute approximate surface area is 130 Å². The van der Waals surface area contributed by atoms with Crippen molar-refractivity contribution in [3.63, 3.8) is 0 Å². The van der Waals surface area contributed by atoms with Gasteiger partial charge in [0.15, 0.2) is 0 Å². The molecule has 2 heterocycles. The van der Waals surface area contributed by atoms with Gasteiger partial charge in [0.05, 0.1) is 24.8 Å². The molecule has 0 radical (unpaired) electrons. The Bertz CT molecular complexity index is 693. The molecule has 1 aromatic carbocycles. The van der Waals surface area contributed by atoms with Crippen LogP contribution in [0, 0.1) is 13.8 Å². The standard InChI is InChI=1S/C17H22N2O3/c1-10-4-11(2)17-12(9-22-14(17)5-10)6-16(20)19-13-7-18-8-15(13)21-3/h4-5,9,13,15,18H,6-8H2,1-3H3,(H,19,20)/t13-,15-/m0/s1. The second-order valence-corrected chi connectivity index (χ2v) is 6.00. The Hall–Kier alpha value is -1.85. The molecule has 0 saturated carbocycles. The Morgan fingerprint density at radius 2 is 2.23 bits per heavy atom. The number of methoxy groups -OCH3 is 1. The van der Waals surface area contributed by atoms with Gasteiger partial charge in [-0.15, -0.1) is 0 Å². The minimum atomic E-state index is -0.00146. The summed E-state index contributed by atoms with van der Waals surface area (Å²) in [5.74, 6) is -0.00146. The van der Waals surface area contributed by atoms with Crippen LogP contribution in [0.15, 0.2) is 22.8 Å². The number of nitrogens with one attached hydrogen (secondary N) is 2. The van der Waals surface area contributed by atoms with E-state index in [2.05, 4.69) is 16.7 Å². The van der Waals surface area contributed by atoms with Crippen molar-refractivity contribution >= 4 is 16.9 Å². The Kier molecular flexibility index (Phi) is 4.18. The zero-order valence-corrected chi connectivity index (χ0v) is 13.2. The van der Waals surface area contributed by atoms with E-state index in [0.717, 1.165) is 40.7 Å². The number of hydrogen-bond donors (Lipinski definition) is 2. The van der Waals surface area contributed by atoms with Gasteiger partial charge in [0.25, 0.3) is 0 Å². The van der Waals surface area contributed by atoms with E-state index in [0.29, 0.717) is 6.42 Å². The van der Waals surface area contributed by atoms with Gasteiger partial charge in [-0.25, -0.2) is 0 Å². The molecule has 2 atom stereocenters. The monoisotopic (exact) mass is 302 g/mol. The molecule has 3 rings (SSSR count). The van der Waals surface area contributed by atoms with Crippen LogP contribution in [0.4, 0.5) is 0 Å². The smallest absolute Gasteiger partial charge is 0.224 e. The maximum absolute atomic E-state index is 12.3. The van der Waals surface area contributed by atoms with Gasteiger partial charge in [0.2, 0.25) is 5.91 Å². The van der Waals surface area contributed by atoms with Crippen molar-refractivity contribution in [1.29, 1.82) is 0 Å². The minimum absolute atomic E-state index is 0.00146. The molecule has 1 aliphatic heterocycles. The number of fused-ring (bicyclic) bond motifs is 1. The molecule has 5 nitrogen and oxygen atoms in total. The summed E-state index contributed by atoms with van der Waals surface area (Å²) in [6.07, 6.45) is 2.05. The van der Waals surface area contributed by atoms with Crippen LogP contribution < -0.4 is 10.6 Å². The number of furan rings is 1. The zero-order chi connectivity index (χ0) is 15.7. The highest BCUT2D eigenvalue weighted by Gasteiger charge is 2.28. The molecular weight excluding hydrogens is 280 g/mol. The van der Waals surface area contributed by atoms with Crippen LogP contribution in [-0.2, 0) is 16.0 Å². The van der Waals surface area contributed by atoms with Crippen molar-refractivity contribution in [2.24, 2.45) is 0 Å². The van der Waals surface area contributed by atoms with E-state index in [1.165, 1.54) is 0 Å². The maximum Gasteiger partial charge on any atom is 0.224 e. The Morgan fingerprint density at radius 3 is 3.00 bits per heavy atom. The molecule has 1 aliphatic rings. The van der Waals surface area contributed by atoms with E-state index in [1.807, 2.05) is 19.9 Å². The van der Waals surface area contributed by atoms with Crippen molar-refractivity contribution in [3.05, 3.63) is 35.1 Å². The van der Waals surface area contributed by atoms with Crippen molar-refractivity contribution in [2.75, 3.05) is 20.2 Å². The van der Waals surface area contributed by atoms with Crippen molar-refractivity contribution < 1.29 is 13.9 Å². The summed E-state index contributed by atoms with van der Waals surface area (Å²) in [4.78, 5) is 12.3. The van der Waals surface area contributed by atoms with Crippen molar-refractivity contribution in [1.82, 2.24) is 10.6 Å². The summed E-state index contributed by atoms with van der Waals surface area (Å²) >= 11 is 0. The van der Waals surface area contributed by atoms with Crippen LogP contribution in [0.5, 0.6) is 0 Å². The molecule has 2 N–H and O–H groups in total.